The molecule has 1 aliphatic rings. The van der Waals surface area contributed by atoms with Gasteiger partial charge in [0.1, 0.15) is 10.9 Å². The highest BCUT2D eigenvalue weighted by Gasteiger charge is 2.38. The van der Waals surface area contributed by atoms with Crippen molar-refractivity contribution < 1.29 is 24.6 Å². The zero-order valence-electron chi connectivity index (χ0n) is 17.5. The highest BCUT2D eigenvalue weighted by Crippen LogP contribution is 2.28. The molecule has 0 saturated carbocycles. The van der Waals surface area contributed by atoms with E-state index < -0.39 is 24.1 Å². The molecule has 1 saturated heterocycles. The molecule has 1 fully saturated rings. The maximum absolute atomic E-state index is 12.4. The number of hydrogen-bond acceptors (Lipinski definition) is 5. The molecule has 2 atom stereocenters. The van der Waals surface area contributed by atoms with Crippen molar-refractivity contribution >= 4 is 34.9 Å². The van der Waals surface area contributed by atoms with E-state index in [9.17, 15) is 19.5 Å². The van der Waals surface area contributed by atoms with Crippen LogP contribution in [0, 0.1) is 0 Å². The Labute approximate surface area is 185 Å². The highest BCUT2D eigenvalue weighted by molar-refractivity contribution is 7.13. The predicted octanol–water partition coefficient (Wildman–Crippen LogP) is 4.51. The van der Waals surface area contributed by atoms with Gasteiger partial charge >= 0.3 is 12.0 Å². The second kappa shape index (κ2) is 10.5. The van der Waals surface area contributed by atoms with Crippen molar-refractivity contribution in [1.29, 1.82) is 0 Å². The van der Waals surface area contributed by atoms with E-state index in [4.69, 9.17) is 5.11 Å². The molecule has 1 unspecified atom stereocenters. The Morgan fingerprint density at radius 1 is 1.13 bits per heavy atom. The largest absolute Gasteiger partial charge is 0.477 e. The maximum atomic E-state index is 12.4. The summed E-state index contributed by atoms with van der Waals surface area (Å²) in [6.07, 6.45) is 5.07. The molecule has 2 heterocycles. The van der Waals surface area contributed by atoms with E-state index in [0.29, 0.717) is 36.2 Å². The van der Waals surface area contributed by atoms with Gasteiger partial charge in [0.05, 0.1) is 6.10 Å². The monoisotopic (exact) mass is 444 g/mol. The van der Waals surface area contributed by atoms with Gasteiger partial charge in [0, 0.05) is 10.6 Å². The van der Waals surface area contributed by atoms with Crippen LogP contribution in [0.4, 0.5) is 10.5 Å². The lowest BCUT2D eigenvalue weighted by Crippen LogP contribution is -2.35. The molecule has 3 amide bonds. The molecule has 3 N–H and O–H groups in total. The second-order valence-corrected chi connectivity index (χ2v) is 8.91. The smallest absolute Gasteiger partial charge is 0.345 e. The Hall–Kier alpha value is -2.71. The highest BCUT2D eigenvalue weighted by atomic mass is 32.1. The fraction of sp³-hybridized carbons (Fsp3) is 0.435. The summed E-state index contributed by atoms with van der Waals surface area (Å²) in [7, 11) is 0. The van der Waals surface area contributed by atoms with Crippen molar-refractivity contribution in [3.05, 3.63) is 51.7 Å². The Morgan fingerprint density at radius 2 is 1.87 bits per heavy atom. The number of amides is 3. The van der Waals surface area contributed by atoms with E-state index in [2.05, 4.69) is 12.2 Å². The van der Waals surface area contributed by atoms with Crippen molar-refractivity contribution in [2.24, 2.45) is 0 Å². The minimum Gasteiger partial charge on any atom is -0.477 e. The van der Waals surface area contributed by atoms with Crippen molar-refractivity contribution in [2.45, 2.75) is 64.0 Å². The number of urea groups is 1. The van der Waals surface area contributed by atoms with Gasteiger partial charge in [-0.05, 0) is 55.5 Å². The molecule has 166 valence electrons. The van der Waals surface area contributed by atoms with E-state index in [1.807, 2.05) is 0 Å². The number of anilines is 1. The SMILES string of the molecule is CCCCCC(O)c1ccc(N2C(=O)NC(=O)[C@@H]2CCCc2ccc(C(=O)O)s2)cc1. The molecule has 1 aromatic carbocycles. The van der Waals surface area contributed by atoms with Gasteiger partial charge < -0.3 is 10.2 Å². The first-order valence-corrected chi connectivity index (χ1v) is 11.5. The number of aryl methyl sites for hydroxylation is 1. The zero-order valence-corrected chi connectivity index (χ0v) is 18.4. The topological polar surface area (TPSA) is 107 Å². The first-order chi connectivity index (χ1) is 14.9. The minimum atomic E-state index is -0.942. The number of aliphatic hydroxyl groups excluding tert-OH is 1. The van der Waals surface area contributed by atoms with Crippen LogP contribution < -0.4 is 10.2 Å². The van der Waals surface area contributed by atoms with Crippen LogP contribution >= 0.6 is 11.3 Å². The first-order valence-electron chi connectivity index (χ1n) is 10.6. The normalized spacial score (nSPS) is 17.1. The number of unbranched alkanes of at least 4 members (excludes halogenated alkanes) is 2. The van der Waals surface area contributed by atoms with Gasteiger partial charge in [0.15, 0.2) is 0 Å². The molecule has 0 radical (unpaired) electrons. The summed E-state index contributed by atoms with van der Waals surface area (Å²) in [5.41, 5.74) is 1.41. The maximum Gasteiger partial charge on any atom is 0.345 e. The van der Waals surface area contributed by atoms with E-state index in [1.54, 1.807) is 36.4 Å². The minimum absolute atomic E-state index is 0.294. The van der Waals surface area contributed by atoms with Gasteiger partial charge in [0.2, 0.25) is 0 Å². The molecule has 2 aromatic rings. The van der Waals surface area contributed by atoms with Crippen LogP contribution in [0.1, 0.15) is 71.7 Å². The van der Waals surface area contributed by atoms with Crippen molar-refractivity contribution in [3.63, 3.8) is 0 Å². The van der Waals surface area contributed by atoms with Gasteiger partial charge in [-0.2, -0.15) is 0 Å². The number of hydrogen-bond donors (Lipinski definition) is 3. The van der Waals surface area contributed by atoms with Gasteiger partial charge in [0.25, 0.3) is 5.91 Å². The third-order valence-electron chi connectivity index (χ3n) is 5.47. The molecule has 8 heteroatoms. The van der Waals surface area contributed by atoms with Crippen molar-refractivity contribution in [2.75, 3.05) is 4.90 Å². The molecule has 1 aromatic heterocycles. The quantitative estimate of drug-likeness (QED) is 0.349. The van der Waals surface area contributed by atoms with Crippen LogP contribution in [-0.4, -0.2) is 34.2 Å². The Balaban J connectivity index is 1.62. The summed E-state index contributed by atoms with van der Waals surface area (Å²) in [5, 5.41) is 21.7. The third-order valence-corrected chi connectivity index (χ3v) is 6.61. The Kier molecular flexibility index (Phi) is 7.81. The average molecular weight is 445 g/mol. The Bertz CT molecular complexity index is 924. The van der Waals surface area contributed by atoms with Crippen molar-refractivity contribution in [1.82, 2.24) is 5.32 Å². The molecule has 0 spiro atoms. The second-order valence-electron chi connectivity index (χ2n) is 7.75. The van der Waals surface area contributed by atoms with Gasteiger partial charge in [-0.3, -0.25) is 15.0 Å². The molecule has 3 rings (SSSR count). The predicted molar refractivity (Wildman–Crippen MR) is 120 cm³/mol. The number of nitrogens with one attached hydrogen (secondary N) is 1. The number of carbonyl (C=O) groups excluding carboxylic acids is 2. The number of carboxylic acids is 1. The zero-order chi connectivity index (χ0) is 22.4. The van der Waals surface area contributed by atoms with E-state index in [1.165, 1.54) is 16.2 Å². The lowest BCUT2D eigenvalue weighted by Gasteiger charge is -2.22. The Morgan fingerprint density at radius 3 is 2.52 bits per heavy atom. The number of aliphatic hydroxyl groups is 1. The van der Waals surface area contributed by atoms with Crippen LogP contribution in [0.15, 0.2) is 36.4 Å². The van der Waals surface area contributed by atoms with E-state index >= 15 is 0 Å². The molecule has 31 heavy (non-hydrogen) atoms. The summed E-state index contributed by atoms with van der Waals surface area (Å²) in [5.74, 6) is -1.27. The van der Waals surface area contributed by atoms with Crippen molar-refractivity contribution in [3.8, 4) is 0 Å². The van der Waals surface area contributed by atoms with Gasteiger partial charge in [-0.1, -0.05) is 38.3 Å². The van der Waals surface area contributed by atoms with Gasteiger partial charge in [-0.15, -0.1) is 11.3 Å². The number of carbonyl (C=O) groups is 3. The summed E-state index contributed by atoms with van der Waals surface area (Å²) < 4.78 is 0. The van der Waals surface area contributed by atoms with E-state index in [-0.39, 0.29) is 5.91 Å². The standard InChI is InChI=1S/C23H28N2O5S/c1-2-3-4-8-19(26)15-9-11-16(12-10-15)25-18(21(27)24-23(25)30)7-5-6-17-13-14-20(31-17)22(28)29/h9-14,18-19,26H,2-8H2,1H3,(H,28,29)(H,24,27,30)/t18-,19?/m0/s1. The molecule has 7 nitrogen and oxygen atoms in total. The number of thiophene rings is 1. The molecular weight excluding hydrogens is 416 g/mol. The number of rotatable bonds is 11. The van der Waals surface area contributed by atoms with Gasteiger partial charge in [-0.25, -0.2) is 9.59 Å². The third kappa shape index (κ3) is 5.71. The average Bonchev–Trinajstić information content (AvgIpc) is 3.33. The summed E-state index contributed by atoms with van der Waals surface area (Å²) in [6, 6.07) is 9.46. The van der Waals surface area contributed by atoms with Crippen LogP contribution in [-0.2, 0) is 11.2 Å². The molecule has 0 bridgehead atoms. The van der Waals surface area contributed by atoms with E-state index in [0.717, 1.165) is 29.7 Å². The molecule has 0 aliphatic carbocycles. The van der Waals surface area contributed by atoms with Crippen LogP contribution in [0.25, 0.3) is 0 Å². The van der Waals surface area contributed by atoms with Crippen LogP contribution in [0.5, 0.6) is 0 Å². The summed E-state index contributed by atoms with van der Waals surface area (Å²) in [4.78, 5) is 38.4. The first kappa shape index (κ1) is 23.0. The number of aromatic carboxylic acids is 1. The molecule has 1 aliphatic heterocycles. The number of imide groups is 1. The fourth-order valence-corrected chi connectivity index (χ4v) is 4.66. The lowest BCUT2D eigenvalue weighted by molar-refractivity contribution is -0.120. The number of benzene rings is 1. The summed E-state index contributed by atoms with van der Waals surface area (Å²) in [6.45, 7) is 2.12. The number of nitrogens with zero attached hydrogens (tertiary/aromatic N) is 1. The van der Waals surface area contributed by atoms with Crippen LogP contribution in [0.3, 0.4) is 0 Å². The number of carboxylic acid groups (broad SMARTS) is 1. The fourth-order valence-electron chi connectivity index (χ4n) is 3.77. The van der Waals surface area contributed by atoms with Crippen LogP contribution in [0.2, 0.25) is 0 Å². The lowest BCUT2D eigenvalue weighted by atomic mass is 10.0. The molecular formula is C23H28N2O5S. The summed E-state index contributed by atoms with van der Waals surface area (Å²) >= 11 is 1.23.